The first-order chi connectivity index (χ1) is 12.0. The number of anilines is 2. The van der Waals surface area contributed by atoms with Crippen LogP contribution in [0.4, 0.5) is 15.2 Å². The smallest absolute Gasteiger partial charge is 0.239 e. The minimum absolute atomic E-state index is 0.120. The fraction of sp³-hybridized carbons (Fsp3) is 0.375. The van der Waals surface area contributed by atoms with Gasteiger partial charge in [-0.1, -0.05) is 11.3 Å². The second kappa shape index (κ2) is 7.92. The van der Waals surface area contributed by atoms with Gasteiger partial charge in [-0.2, -0.15) is 0 Å². The molecule has 1 aromatic carbocycles. The summed E-state index contributed by atoms with van der Waals surface area (Å²) in [4.78, 5) is 24.0. The molecule has 0 radical (unpaired) electrons. The standard InChI is InChI=1S/C16H17FN4O2S2/c1-9(14(23)19-16-21-20-15(25-16)10-2-3-10)24-8-13(22)18-12-6-4-11(17)5-7-12/h4-7,9-10H,2-3,8H2,1H3,(H,18,22)(H,19,21,23). The van der Waals surface area contributed by atoms with E-state index in [4.69, 9.17) is 0 Å². The van der Waals surface area contributed by atoms with Crippen LogP contribution in [0, 0.1) is 5.82 Å². The summed E-state index contributed by atoms with van der Waals surface area (Å²) in [5, 5.41) is 14.5. The van der Waals surface area contributed by atoms with E-state index < -0.39 is 5.25 Å². The highest BCUT2D eigenvalue weighted by molar-refractivity contribution is 8.01. The van der Waals surface area contributed by atoms with Crippen molar-refractivity contribution in [3.8, 4) is 0 Å². The summed E-state index contributed by atoms with van der Waals surface area (Å²) in [6, 6.07) is 5.52. The number of thioether (sulfide) groups is 1. The Morgan fingerprint density at radius 3 is 2.68 bits per heavy atom. The third-order valence-electron chi connectivity index (χ3n) is 3.56. The molecule has 1 unspecified atom stereocenters. The summed E-state index contributed by atoms with van der Waals surface area (Å²) in [5.41, 5.74) is 0.519. The van der Waals surface area contributed by atoms with Gasteiger partial charge in [0.2, 0.25) is 16.9 Å². The lowest BCUT2D eigenvalue weighted by atomic mass is 10.3. The normalized spacial score (nSPS) is 14.8. The predicted octanol–water partition coefficient (Wildman–Crippen LogP) is 3.25. The summed E-state index contributed by atoms with van der Waals surface area (Å²) >= 11 is 2.62. The summed E-state index contributed by atoms with van der Waals surface area (Å²) < 4.78 is 12.8. The van der Waals surface area contributed by atoms with Crippen molar-refractivity contribution in [2.24, 2.45) is 0 Å². The van der Waals surface area contributed by atoms with E-state index in [2.05, 4.69) is 20.8 Å². The van der Waals surface area contributed by atoms with Crippen LogP contribution in [-0.4, -0.2) is 33.0 Å². The van der Waals surface area contributed by atoms with Crippen molar-refractivity contribution in [2.75, 3.05) is 16.4 Å². The molecule has 3 rings (SSSR count). The lowest BCUT2D eigenvalue weighted by Gasteiger charge is -2.10. The number of carbonyl (C=O) groups excluding carboxylic acids is 2. The Labute approximate surface area is 152 Å². The average Bonchev–Trinajstić information content (AvgIpc) is 3.34. The number of benzene rings is 1. The van der Waals surface area contributed by atoms with E-state index >= 15 is 0 Å². The SMILES string of the molecule is CC(SCC(=O)Nc1ccc(F)cc1)C(=O)Nc1nnc(C2CC2)s1. The van der Waals surface area contributed by atoms with Crippen LogP contribution in [0.5, 0.6) is 0 Å². The molecule has 1 fully saturated rings. The molecule has 0 bridgehead atoms. The molecule has 1 aliphatic rings. The van der Waals surface area contributed by atoms with E-state index in [0.29, 0.717) is 16.7 Å². The van der Waals surface area contributed by atoms with Gasteiger partial charge in [-0.25, -0.2) is 4.39 Å². The third kappa shape index (κ3) is 5.23. The van der Waals surface area contributed by atoms with Crippen molar-refractivity contribution in [3.63, 3.8) is 0 Å². The average molecular weight is 380 g/mol. The number of amides is 2. The number of halogens is 1. The van der Waals surface area contributed by atoms with Gasteiger partial charge in [0.15, 0.2) is 0 Å². The molecule has 1 saturated carbocycles. The zero-order valence-corrected chi connectivity index (χ0v) is 15.1. The van der Waals surface area contributed by atoms with Crippen LogP contribution in [0.2, 0.25) is 0 Å². The Morgan fingerprint density at radius 1 is 1.28 bits per heavy atom. The van der Waals surface area contributed by atoms with E-state index in [0.717, 1.165) is 17.8 Å². The molecule has 0 spiro atoms. The van der Waals surface area contributed by atoms with Crippen LogP contribution in [0.15, 0.2) is 24.3 Å². The molecule has 1 heterocycles. The maximum atomic E-state index is 12.8. The fourth-order valence-electron chi connectivity index (χ4n) is 1.99. The van der Waals surface area contributed by atoms with Gasteiger partial charge in [-0.05, 0) is 44.0 Å². The monoisotopic (exact) mass is 380 g/mol. The summed E-state index contributed by atoms with van der Waals surface area (Å²) in [5.74, 6) is -0.194. The molecule has 1 aliphatic carbocycles. The maximum absolute atomic E-state index is 12.8. The van der Waals surface area contributed by atoms with E-state index in [-0.39, 0.29) is 23.4 Å². The zero-order chi connectivity index (χ0) is 17.8. The number of nitrogens with zero attached hydrogens (tertiary/aromatic N) is 2. The van der Waals surface area contributed by atoms with Crippen molar-refractivity contribution in [2.45, 2.75) is 30.9 Å². The van der Waals surface area contributed by atoms with E-state index in [1.165, 1.54) is 47.4 Å². The minimum atomic E-state index is -0.410. The molecule has 0 aliphatic heterocycles. The second-order valence-electron chi connectivity index (χ2n) is 5.72. The van der Waals surface area contributed by atoms with Crippen LogP contribution in [0.1, 0.15) is 30.7 Å². The molecule has 132 valence electrons. The largest absolute Gasteiger partial charge is 0.325 e. The second-order valence-corrected chi connectivity index (χ2v) is 8.06. The van der Waals surface area contributed by atoms with Gasteiger partial charge in [0.05, 0.1) is 11.0 Å². The first kappa shape index (κ1) is 17.8. The van der Waals surface area contributed by atoms with Crippen LogP contribution >= 0.6 is 23.1 Å². The lowest BCUT2D eigenvalue weighted by molar-refractivity contribution is -0.115. The quantitative estimate of drug-likeness (QED) is 0.770. The number of aromatic nitrogens is 2. The first-order valence-corrected chi connectivity index (χ1v) is 9.69. The van der Waals surface area contributed by atoms with Crippen LogP contribution < -0.4 is 10.6 Å². The minimum Gasteiger partial charge on any atom is -0.325 e. The third-order valence-corrected chi connectivity index (χ3v) is 5.70. The number of nitrogens with one attached hydrogen (secondary N) is 2. The van der Waals surface area contributed by atoms with Gasteiger partial charge in [0, 0.05) is 11.6 Å². The number of hydrogen-bond donors (Lipinski definition) is 2. The summed E-state index contributed by atoms with van der Waals surface area (Å²) in [7, 11) is 0. The number of hydrogen-bond acceptors (Lipinski definition) is 6. The van der Waals surface area contributed by atoms with E-state index in [1.807, 2.05) is 0 Å². The fourth-order valence-corrected chi connectivity index (χ4v) is 3.59. The number of carbonyl (C=O) groups is 2. The van der Waals surface area contributed by atoms with E-state index in [1.54, 1.807) is 6.92 Å². The maximum Gasteiger partial charge on any atom is 0.239 e. The molecular weight excluding hydrogens is 363 g/mol. The van der Waals surface area contributed by atoms with Gasteiger partial charge in [-0.3, -0.25) is 14.9 Å². The molecule has 25 heavy (non-hydrogen) atoms. The topological polar surface area (TPSA) is 84.0 Å². The van der Waals surface area contributed by atoms with Gasteiger partial charge >= 0.3 is 0 Å². The van der Waals surface area contributed by atoms with Crippen LogP contribution in [0.25, 0.3) is 0 Å². The Hall–Kier alpha value is -2.00. The van der Waals surface area contributed by atoms with Gasteiger partial charge < -0.3 is 5.32 Å². The first-order valence-electron chi connectivity index (χ1n) is 7.82. The molecular formula is C16H17FN4O2S2. The highest BCUT2D eigenvalue weighted by Gasteiger charge is 2.28. The van der Waals surface area contributed by atoms with Gasteiger partial charge in [0.25, 0.3) is 0 Å². The van der Waals surface area contributed by atoms with Crippen molar-refractivity contribution < 1.29 is 14.0 Å². The molecule has 6 nitrogen and oxygen atoms in total. The van der Waals surface area contributed by atoms with Gasteiger partial charge in [0.1, 0.15) is 10.8 Å². The van der Waals surface area contributed by atoms with Crippen molar-refractivity contribution in [3.05, 3.63) is 35.1 Å². The molecule has 9 heteroatoms. The van der Waals surface area contributed by atoms with E-state index in [9.17, 15) is 14.0 Å². The molecule has 0 saturated heterocycles. The highest BCUT2D eigenvalue weighted by atomic mass is 32.2. The van der Waals surface area contributed by atoms with Crippen molar-refractivity contribution in [1.82, 2.24) is 10.2 Å². The zero-order valence-electron chi connectivity index (χ0n) is 13.5. The lowest BCUT2D eigenvalue weighted by Crippen LogP contribution is -2.25. The molecule has 2 aromatic rings. The molecule has 2 amide bonds. The van der Waals surface area contributed by atoms with Crippen molar-refractivity contribution in [1.29, 1.82) is 0 Å². The highest BCUT2D eigenvalue weighted by Crippen LogP contribution is 2.42. The predicted molar refractivity (Wildman–Crippen MR) is 97.5 cm³/mol. The van der Waals surface area contributed by atoms with Crippen LogP contribution in [-0.2, 0) is 9.59 Å². The van der Waals surface area contributed by atoms with Gasteiger partial charge in [-0.15, -0.1) is 22.0 Å². The summed E-state index contributed by atoms with van der Waals surface area (Å²) in [6.45, 7) is 1.73. The Bertz CT molecular complexity index is 762. The molecule has 1 aromatic heterocycles. The van der Waals surface area contributed by atoms with Crippen LogP contribution in [0.3, 0.4) is 0 Å². The Morgan fingerprint density at radius 2 is 2.00 bits per heavy atom. The Balaban J connectivity index is 1.42. The summed E-state index contributed by atoms with van der Waals surface area (Å²) in [6.07, 6.45) is 2.27. The van der Waals surface area contributed by atoms with Crippen molar-refractivity contribution >= 4 is 45.7 Å². The Kier molecular flexibility index (Phi) is 5.64. The number of rotatable bonds is 7. The molecule has 2 N–H and O–H groups in total. The molecule has 1 atom stereocenters.